The molecule has 0 saturated heterocycles. The summed E-state index contributed by atoms with van der Waals surface area (Å²) in [6.45, 7) is 1.86. The Labute approximate surface area is 357 Å². The number of hydrogen-bond acceptors (Lipinski definition) is 5. The van der Waals surface area contributed by atoms with Crippen molar-refractivity contribution in [3.63, 3.8) is 0 Å². The fourth-order valence-corrected chi connectivity index (χ4v) is 14.0. The number of benzene rings is 8. The van der Waals surface area contributed by atoms with Gasteiger partial charge in [0, 0.05) is 66.8 Å². The van der Waals surface area contributed by atoms with E-state index in [0.29, 0.717) is 17.5 Å². The lowest BCUT2D eigenvalue weighted by molar-refractivity contribution is 0.591. The molecule has 9 rings (SSSR count). The fraction of sp³-hybridized carbons (Fsp3) is 0.0370. The van der Waals surface area contributed by atoms with Crippen molar-refractivity contribution in [1.29, 1.82) is 0 Å². The van der Waals surface area contributed by atoms with Crippen LogP contribution >= 0.6 is 14.3 Å². The predicted molar refractivity (Wildman–Crippen MR) is 255 cm³/mol. The van der Waals surface area contributed by atoms with Crippen LogP contribution in [0, 0.1) is 6.92 Å². The molecule has 0 bridgehead atoms. The molecule has 2 atom stereocenters. The van der Waals surface area contributed by atoms with Gasteiger partial charge in [-0.1, -0.05) is 176 Å². The predicted octanol–water partition coefficient (Wildman–Crippen LogP) is 10.8. The highest BCUT2D eigenvalue weighted by Gasteiger charge is 2.35. The van der Waals surface area contributed by atoms with E-state index in [1.54, 1.807) is 12.4 Å². The average molecular weight is 828 g/mol. The van der Waals surface area contributed by atoms with Gasteiger partial charge in [0.1, 0.15) is 5.82 Å². The molecule has 0 aliphatic carbocycles. The molecule has 61 heavy (non-hydrogen) atoms. The first-order chi connectivity index (χ1) is 29.9. The maximum atomic E-state index is 16.5. The van der Waals surface area contributed by atoms with Crippen LogP contribution in [0.15, 0.2) is 231 Å². The molecule has 8 aromatic carbocycles. The summed E-state index contributed by atoms with van der Waals surface area (Å²) in [5.74, 6) is 0.690. The minimum atomic E-state index is -3.52. The Morgan fingerprint density at radius 3 is 1.30 bits per heavy atom. The number of anilines is 3. The van der Waals surface area contributed by atoms with Gasteiger partial charge < -0.3 is 14.0 Å². The van der Waals surface area contributed by atoms with Crippen molar-refractivity contribution in [2.45, 2.75) is 13.3 Å². The maximum absolute atomic E-state index is 16.5. The number of aryl methyl sites for hydroxylation is 1. The third-order valence-electron chi connectivity index (χ3n) is 11.1. The molecule has 0 aliphatic rings. The second-order valence-electron chi connectivity index (χ2n) is 14.9. The Bertz CT molecular complexity index is 2980. The quantitative estimate of drug-likeness (QED) is 0.115. The highest BCUT2D eigenvalue weighted by atomic mass is 31.2. The van der Waals surface area contributed by atoms with E-state index in [1.807, 2.05) is 177 Å². The molecule has 1 aromatic heterocycles. The van der Waals surface area contributed by atoms with Crippen LogP contribution in [0.25, 0.3) is 11.1 Å². The Balaban J connectivity index is 1.19. The molecular formula is C54H43N3O2P2. The molecule has 9 aromatic rings. The largest absolute Gasteiger partial charge is 0.310 e. The first-order valence-electron chi connectivity index (χ1n) is 20.3. The maximum Gasteiger partial charge on any atom is 0.171 e. The van der Waals surface area contributed by atoms with Crippen LogP contribution in [0.1, 0.15) is 17.0 Å². The second kappa shape index (κ2) is 17.4. The summed E-state index contributed by atoms with van der Waals surface area (Å²) >= 11 is 0. The molecule has 2 unspecified atom stereocenters. The number of nitrogens with zero attached hydrogens (tertiary/aromatic N) is 3. The molecule has 296 valence electrons. The molecular weight excluding hydrogens is 785 g/mol. The standard InChI is InChI=1S/C54H43N3O2P2/c1-41-55-39-45(40-56-41)42-22-18-32-51(37-42)60(58,49-28-10-4-11-29-49)53-34-16-14-20-43(53)36-44-21-15-17-35-54(44)61(59,50-30-12-5-13-31-50)52-33-19-27-48(38-52)57(46-23-6-2-7-24-46)47-25-8-3-9-26-47/h2-35,37-40H,36H2,1H3. The van der Waals surface area contributed by atoms with Crippen LogP contribution in [-0.2, 0) is 15.6 Å². The minimum absolute atomic E-state index is 0.408. The smallest absolute Gasteiger partial charge is 0.171 e. The Hall–Kier alpha value is -6.90. The summed E-state index contributed by atoms with van der Waals surface area (Å²) in [4.78, 5) is 11.1. The van der Waals surface area contributed by atoms with E-state index in [1.165, 1.54) is 0 Å². The third-order valence-corrected chi connectivity index (χ3v) is 17.4. The highest BCUT2D eigenvalue weighted by molar-refractivity contribution is 7.86. The van der Waals surface area contributed by atoms with Gasteiger partial charge in [-0.15, -0.1) is 0 Å². The van der Waals surface area contributed by atoms with E-state index < -0.39 is 14.3 Å². The summed E-state index contributed by atoms with van der Waals surface area (Å²) in [5.41, 5.74) is 6.44. The zero-order chi connectivity index (χ0) is 41.7. The van der Waals surface area contributed by atoms with Gasteiger partial charge in [0.25, 0.3) is 0 Å². The van der Waals surface area contributed by atoms with Crippen molar-refractivity contribution in [3.05, 3.63) is 248 Å². The zero-order valence-corrected chi connectivity index (χ0v) is 35.5. The number of hydrogen-bond donors (Lipinski definition) is 0. The summed E-state index contributed by atoms with van der Waals surface area (Å²) in [6.07, 6.45) is 4.02. The van der Waals surface area contributed by atoms with Gasteiger partial charge in [-0.2, -0.15) is 0 Å². The van der Waals surface area contributed by atoms with Crippen LogP contribution < -0.4 is 36.7 Å². The lowest BCUT2D eigenvalue weighted by atomic mass is 10.1. The molecule has 1 heterocycles. The van der Waals surface area contributed by atoms with Gasteiger partial charge in [-0.3, -0.25) is 0 Å². The fourth-order valence-electron chi connectivity index (χ4n) is 8.12. The molecule has 7 heteroatoms. The Morgan fingerprint density at radius 1 is 0.393 bits per heavy atom. The number of aromatic nitrogens is 2. The molecule has 5 nitrogen and oxygen atoms in total. The summed E-state index contributed by atoms with van der Waals surface area (Å²) in [5, 5.41) is 4.40. The highest BCUT2D eigenvalue weighted by Crippen LogP contribution is 2.47. The SMILES string of the molecule is Cc1ncc(-c2cccc(P(=O)(c3ccccc3)c3ccccc3Cc3ccccc3P(=O)(c3ccccc3)c3cccc(N(c4ccccc4)c4ccccc4)c3)c2)cn1. The van der Waals surface area contributed by atoms with Gasteiger partial charge in [0.15, 0.2) is 14.3 Å². The van der Waals surface area contributed by atoms with Crippen LogP contribution in [0.5, 0.6) is 0 Å². The zero-order valence-electron chi connectivity index (χ0n) is 33.7. The van der Waals surface area contributed by atoms with E-state index in [-0.39, 0.29) is 0 Å². The summed E-state index contributed by atoms with van der Waals surface area (Å²) < 4.78 is 32.7. The van der Waals surface area contributed by atoms with E-state index >= 15 is 9.13 Å². The molecule has 0 fully saturated rings. The van der Waals surface area contributed by atoms with Crippen molar-refractivity contribution < 1.29 is 9.13 Å². The lowest BCUT2D eigenvalue weighted by Gasteiger charge is -2.28. The Morgan fingerprint density at radius 2 is 0.787 bits per heavy atom. The van der Waals surface area contributed by atoms with Gasteiger partial charge in [0.2, 0.25) is 0 Å². The minimum Gasteiger partial charge on any atom is -0.310 e. The molecule has 0 radical (unpaired) electrons. The van der Waals surface area contributed by atoms with Crippen LogP contribution in [0.4, 0.5) is 17.1 Å². The first kappa shape index (κ1) is 39.6. The van der Waals surface area contributed by atoms with Crippen molar-refractivity contribution in [1.82, 2.24) is 9.97 Å². The monoisotopic (exact) mass is 827 g/mol. The topological polar surface area (TPSA) is 63.2 Å². The molecule has 0 spiro atoms. The van der Waals surface area contributed by atoms with E-state index in [4.69, 9.17) is 0 Å². The van der Waals surface area contributed by atoms with Gasteiger partial charge in [-0.25, -0.2) is 9.97 Å². The van der Waals surface area contributed by atoms with Crippen LogP contribution in [0.3, 0.4) is 0 Å². The molecule has 0 aliphatic heterocycles. The Kier molecular flexibility index (Phi) is 11.3. The molecule has 0 N–H and O–H groups in total. The van der Waals surface area contributed by atoms with Crippen molar-refractivity contribution in [3.8, 4) is 11.1 Å². The van der Waals surface area contributed by atoms with Crippen LogP contribution in [-0.4, -0.2) is 9.97 Å². The molecule has 0 saturated carbocycles. The summed E-state index contributed by atoms with van der Waals surface area (Å²) in [7, 11) is -7.00. The van der Waals surface area contributed by atoms with E-state index in [0.717, 1.165) is 65.8 Å². The van der Waals surface area contributed by atoms with Gasteiger partial charge in [0.05, 0.1) is 0 Å². The first-order valence-corrected chi connectivity index (χ1v) is 23.7. The third kappa shape index (κ3) is 7.83. The van der Waals surface area contributed by atoms with E-state index in [9.17, 15) is 0 Å². The van der Waals surface area contributed by atoms with Crippen molar-refractivity contribution >= 4 is 63.2 Å². The van der Waals surface area contributed by atoms with Crippen molar-refractivity contribution in [2.24, 2.45) is 0 Å². The van der Waals surface area contributed by atoms with Crippen molar-refractivity contribution in [2.75, 3.05) is 4.90 Å². The summed E-state index contributed by atoms with van der Waals surface area (Å²) in [6, 6.07) is 72.2. The second-order valence-corrected chi connectivity index (χ2v) is 20.4. The van der Waals surface area contributed by atoms with E-state index in [2.05, 4.69) is 63.4 Å². The number of rotatable bonds is 12. The lowest BCUT2D eigenvalue weighted by Crippen LogP contribution is -2.30. The number of para-hydroxylation sites is 2. The molecule has 0 amide bonds. The average Bonchev–Trinajstić information content (AvgIpc) is 3.33. The van der Waals surface area contributed by atoms with Gasteiger partial charge in [-0.05, 0) is 72.5 Å². The van der Waals surface area contributed by atoms with Crippen LogP contribution in [0.2, 0.25) is 0 Å². The normalized spacial score (nSPS) is 13.1. The van der Waals surface area contributed by atoms with Gasteiger partial charge >= 0.3 is 0 Å².